The summed E-state index contributed by atoms with van der Waals surface area (Å²) in [5.41, 5.74) is 6.48. The fourth-order valence-corrected chi connectivity index (χ4v) is 3.82. The largest absolute Gasteiger partial charge is 0.310 e. The number of benzene rings is 5. The standard InChI is InChI=1S/C28H20BN/c29-25-13-18-27(19-14-25)30(28-17-12-22-8-4-5-9-24(22)20-28)26-15-10-23(11-16-26)21-6-2-1-3-7-21/h1-20H. The van der Waals surface area contributed by atoms with E-state index < -0.39 is 0 Å². The molecule has 0 atom stereocenters. The minimum absolute atomic E-state index is 0.761. The van der Waals surface area contributed by atoms with Gasteiger partial charge in [0, 0.05) is 17.1 Å². The van der Waals surface area contributed by atoms with Crippen LogP contribution in [0, 0.1) is 0 Å². The Morgan fingerprint density at radius 1 is 0.433 bits per heavy atom. The van der Waals surface area contributed by atoms with E-state index in [1.807, 2.05) is 18.2 Å². The van der Waals surface area contributed by atoms with Crippen molar-refractivity contribution in [1.82, 2.24) is 0 Å². The van der Waals surface area contributed by atoms with E-state index in [1.54, 1.807) is 0 Å². The maximum absolute atomic E-state index is 5.94. The molecule has 5 aromatic carbocycles. The lowest BCUT2D eigenvalue weighted by atomic mass is 9.96. The highest BCUT2D eigenvalue weighted by Crippen LogP contribution is 2.36. The molecule has 0 unspecified atom stereocenters. The van der Waals surface area contributed by atoms with E-state index in [0.29, 0.717) is 0 Å². The fraction of sp³-hybridized carbons (Fsp3) is 0. The van der Waals surface area contributed by atoms with Gasteiger partial charge < -0.3 is 4.90 Å². The minimum atomic E-state index is 0.761. The van der Waals surface area contributed by atoms with Gasteiger partial charge in [-0.25, -0.2) is 0 Å². The molecule has 0 saturated heterocycles. The number of fused-ring (bicyclic) bond motifs is 1. The molecule has 0 bridgehead atoms. The first-order chi connectivity index (χ1) is 14.8. The number of hydrogen-bond donors (Lipinski definition) is 0. The van der Waals surface area contributed by atoms with Crippen molar-refractivity contribution in [2.75, 3.05) is 4.90 Å². The van der Waals surface area contributed by atoms with Crippen molar-refractivity contribution in [3.05, 3.63) is 121 Å². The Morgan fingerprint density at radius 3 is 1.67 bits per heavy atom. The molecule has 0 aromatic heterocycles. The summed E-state index contributed by atoms with van der Waals surface area (Å²) in [6.07, 6.45) is 0. The van der Waals surface area contributed by atoms with E-state index in [4.69, 9.17) is 7.85 Å². The predicted molar refractivity (Wildman–Crippen MR) is 129 cm³/mol. The van der Waals surface area contributed by atoms with Gasteiger partial charge in [-0.1, -0.05) is 90.4 Å². The normalized spacial score (nSPS) is 10.8. The first-order valence-electron chi connectivity index (χ1n) is 10.1. The van der Waals surface area contributed by atoms with Gasteiger partial charge in [0.05, 0.1) is 0 Å². The van der Waals surface area contributed by atoms with Crippen LogP contribution in [0.2, 0.25) is 0 Å². The molecular weight excluding hydrogens is 361 g/mol. The topological polar surface area (TPSA) is 3.24 Å². The second kappa shape index (κ2) is 7.92. The molecule has 2 radical (unpaired) electrons. The zero-order valence-corrected chi connectivity index (χ0v) is 16.6. The zero-order chi connectivity index (χ0) is 20.3. The molecule has 140 valence electrons. The van der Waals surface area contributed by atoms with Crippen LogP contribution >= 0.6 is 0 Å². The predicted octanol–water partition coefficient (Wildman–Crippen LogP) is 6.77. The van der Waals surface area contributed by atoms with Gasteiger partial charge in [0.1, 0.15) is 7.85 Å². The Bertz CT molecular complexity index is 1280. The maximum atomic E-state index is 5.94. The first kappa shape index (κ1) is 18.3. The van der Waals surface area contributed by atoms with Gasteiger partial charge in [0.15, 0.2) is 0 Å². The van der Waals surface area contributed by atoms with Crippen LogP contribution < -0.4 is 10.4 Å². The van der Waals surface area contributed by atoms with Gasteiger partial charge in [-0.3, -0.25) is 0 Å². The van der Waals surface area contributed by atoms with E-state index >= 15 is 0 Å². The molecule has 0 aliphatic heterocycles. The van der Waals surface area contributed by atoms with Crippen LogP contribution in [0.25, 0.3) is 21.9 Å². The van der Waals surface area contributed by atoms with Gasteiger partial charge in [-0.15, -0.1) is 0 Å². The molecule has 0 saturated carbocycles. The summed E-state index contributed by atoms with van der Waals surface area (Å²) in [6.45, 7) is 0. The Balaban J connectivity index is 1.61. The molecule has 5 aromatic rings. The van der Waals surface area contributed by atoms with Crippen LogP contribution in [0.1, 0.15) is 0 Å². The molecule has 0 aliphatic carbocycles. The monoisotopic (exact) mass is 381 g/mol. The van der Waals surface area contributed by atoms with E-state index in [-0.39, 0.29) is 0 Å². The van der Waals surface area contributed by atoms with Crippen molar-refractivity contribution in [1.29, 1.82) is 0 Å². The molecule has 0 N–H and O–H groups in total. The highest BCUT2D eigenvalue weighted by atomic mass is 15.1. The quantitative estimate of drug-likeness (QED) is 0.311. The van der Waals surface area contributed by atoms with Gasteiger partial charge in [-0.05, 0) is 58.3 Å². The molecule has 0 aliphatic rings. The van der Waals surface area contributed by atoms with Crippen molar-refractivity contribution in [3.63, 3.8) is 0 Å². The van der Waals surface area contributed by atoms with Crippen LogP contribution in [-0.2, 0) is 0 Å². The fourth-order valence-electron chi connectivity index (χ4n) is 3.82. The van der Waals surface area contributed by atoms with E-state index in [0.717, 1.165) is 22.5 Å². The third kappa shape index (κ3) is 3.60. The zero-order valence-electron chi connectivity index (χ0n) is 16.6. The average molecular weight is 381 g/mol. The van der Waals surface area contributed by atoms with E-state index in [9.17, 15) is 0 Å². The molecule has 0 amide bonds. The van der Waals surface area contributed by atoms with Crippen LogP contribution in [-0.4, -0.2) is 7.85 Å². The summed E-state index contributed by atoms with van der Waals surface area (Å²) in [5.74, 6) is 0. The summed E-state index contributed by atoms with van der Waals surface area (Å²) < 4.78 is 0. The number of anilines is 3. The van der Waals surface area contributed by atoms with Crippen molar-refractivity contribution in [2.24, 2.45) is 0 Å². The van der Waals surface area contributed by atoms with Crippen molar-refractivity contribution < 1.29 is 0 Å². The van der Waals surface area contributed by atoms with Crippen LogP contribution in [0.5, 0.6) is 0 Å². The minimum Gasteiger partial charge on any atom is -0.310 e. The van der Waals surface area contributed by atoms with Crippen molar-refractivity contribution in [2.45, 2.75) is 0 Å². The van der Waals surface area contributed by atoms with Crippen LogP contribution in [0.15, 0.2) is 121 Å². The van der Waals surface area contributed by atoms with Gasteiger partial charge >= 0.3 is 0 Å². The van der Waals surface area contributed by atoms with Crippen molar-refractivity contribution >= 4 is 41.1 Å². The summed E-state index contributed by atoms with van der Waals surface area (Å²) in [4.78, 5) is 2.26. The molecule has 0 heterocycles. The Labute approximate surface area is 178 Å². The molecule has 0 fully saturated rings. The highest BCUT2D eigenvalue weighted by Gasteiger charge is 2.13. The molecule has 1 nitrogen and oxygen atoms in total. The van der Waals surface area contributed by atoms with Gasteiger partial charge in [-0.2, -0.15) is 0 Å². The van der Waals surface area contributed by atoms with Crippen molar-refractivity contribution in [3.8, 4) is 11.1 Å². The Morgan fingerprint density at radius 2 is 0.967 bits per heavy atom. The molecule has 0 spiro atoms. The lowest BCUT2D eigenvalue weighted by molar-refractivity contribution is 1.29. The molecule has 5 rings (SSSR count). The van der Waals surface area contributed by atoms with Crippen LogP contribution in [0.4, 0.5) is 17.1 Å². The second-order valence-electron chi connectivity index (χ2n) is 7.37. The number of rotatable bonds is 4. The molecule has 2 heteroatoms. The third-order valence-corrected chi connectivity index (χ3v) is 5.38. The summed E-state index contributed by atoms with van der Waals surface area (Å²) in [5, 5.41) is 2.45. The number of nitrogens with zero attached hydrogens (tertiary/aromatic N) is 1. The second-order valence-corrected chi connectivity index (χ2v) is 7.37. The Hall–Kier alpha value is -3.78. The third-order valence-electron chi connectivity index (χ3n) is 5.38. The average Bonchev–Trinajstić information content (AvgIpc) is 2.81. The van der Waals surface area contributed by atoms with E-state index in [1.165, 1.54) is 21.9 Å². The lowest BCUT2D eigenvalue weighted by Gasteiger charge is -2.26. The number of hydrogen-bond acceptors (Lipinski definition) is 1. The molecular formula is C28H20BN. The van der Waals surface area contributed by atoms with Gasteiger partial charge in [0.2, 0.25) is 0 Å². The summed E-state index contributed by atoms with van der Waals surface area (Å²) in [7, 11) is 5.94. The maximum Gasteiger partial charge on any atom is 0.113 e. The highest BCUT2D eigenvalue weighted by molar-refractivity contribution is 6.32. The van der Waals surface area contributed by atoms with E-state index in [2.05, 4.69) is 108 Å². The summed E-state index contributed by atoms with van der Waals surface area (Å²) in [6, 6.07) is 42.2. The smallest absolute Gasteiger partial charge is 0.113 e. The Kier molecular flexibility index (Phi) is 4.82. The molecule has 30 heavy (non-hydrogen) atoms. The van der Waals surface area contributed by atoms with Crippen LogP contribution in [0.3, 0.4) is 0 Å². The first-order valence-corrected chi connectivity index (χ1v) is 10.1. The lowest BCUT2D eigenvalue weighted by Crippen LogP contribution is -2.11. The van der Waals surface area contributed by atoms with Gasteiger partial charge in [0.25, 0.3) is 0 Å². The summed E-state index contributed by atoms with van der Waals surface area (Å²) >= 11 is 0. The SMILES string of the molecule is [B]c1ccc(N(c2ccc(-c3ccccc3)cc2)c2ccc3ccccc3c2)cc1.